The summed E-state index contributed by atoms with van der Waals surface area (Å²) in [7, 11) is 0. The summed E-state index contributed by atoms with van der Waals surface area (Å²) >= 11 is 1.80. The summed E-state index contributed by atoms with van der Waals surface area (Å²) in [6.07, 6.45) is 3.21. The normalized spacial score (nSPS) is 9.80. The average molecular weight is 151 g/mol. The van der Waals surface area contributed by atoms with E-state index in [0.717, 1.165) is 6.42 Å². The molecule has 1 aromatic carbocycles. The van der Waals surface area contributed by atoms with Gasteiger partial charge in [-0.15, -0.1) is 11.8 Å². The van der Waals surface area contributed by atoms with Crippen molar-refractivity contribution >= 4 is 11.8 Å². The second-order valence-electron chi connectivity index (χ2n) is 2.09. The number of thioether (sulfide) groups is 1. The zero-order valence-electron chi connectivity index (χ0n) is 6.35. The van der Waals surface area contributed by atoms with E-state index >= 15 is 0 Å². The second kappa shape index (κ2) is 3.67. The number of benzene rings is 1. The maximum absolute atomic E-state index is 3.07. The van der Waals surface area contributed by atoms with E-state index in [1.165, 1.54) is 10.5 Å². The highest BCUT2D eigenvalue weighted by molar-refractivity contribution is 7.98. The molecule has 0 aliphatic heterocycles. The summed E-state index contributed by atoms with van der Waals surface area (Å²) in [6.45, 7) is 2.17. The van der Waals surface area contributed by atoms with Crippen LogP contribution < -0.4 is 0 Å². The van der Waals surface area contributed by atoms with Crippen molar-refractivity contribution in [1.29, 1.82) is 0 Å². The molecule has 0 aliphatic rings. The summed E-state index contributed by atoms with van der Waals surface area (Å²) in [5, 5.41) is 0. The van der Waals surface area contributed by atoms with Crippen molar-refractivity contribution in [1.82, 2.24) is 0 Å². The lowest BCUT2D eigenvalue weighted by Crippen LogP contribution is -1.82. The fraction of sp³-hybridized carbons (Fsp3) is 0.333. The van der Waals surface area contributed by atoms with Crippen LogP contribution in [0.2, 0.25) is 0 Å². The van der Waals surface area contributed by atoms with Gasteiger partial charge < -0.3 is 0 Å². The van der Waals surface area contributed by atoms with Crippen LogP contribution in [0.3, 0.4) is 0 Å². The summed E-state index contributed by atoms with van der Waals surface area (Å²) in [4.78, 5) is 1.38. The zero-order chi connectivity index (χ0) is 7.40. The molecule has 10 heavy (non-hydrogen) atoms. The van der Waals surface area contributed by atoms with Gasteiger partial charge in [-0.1, -0.05) is 19.1 Å². The maximum Gasteiger partial charge on any atom is 0.0101 e. The molecule has 0 saturated carbocycles. The monoisotopic (exact) mass is 151 g/mol. The molecule has 1 aromatic rings. The first-order valence-electron chi connectivity index (χ1n) is 3.41. The Labute approximate surface area is 66.6 Å². The largest absolute Gasteiger partial charge is 0.129 e. The Morgan fingerprint density at radius 2 is 2.40 bits per heavy atom. The van der Waals surface area contributed by atoms with Gasteiger partial charge in [0.1, 0.15) is 0 Å². The van der Waals surface area contributed by atoms with Crippen molar-refractivity contribution in [2.24, 2.45) is 0 Å². The van der Waals surface area contributed by atoms with Crippen molar-refractivity contribution < 1.29 is 0 Å². The highest BCUT2D eigenvalue weighted by Gasteiger charge is 1.94. The predicted octanol–water partition coefficient (Wildman–Crippen LogP) is 2.77. The van der Waals surface area contributed by atoms with Crippen LogP contribution in [-0.2, 0) is 6.42 Å². The molecule has 1 heteroatoms. The Bertz CT molecular complexity index is 183. The van der Waals surface area contributed by atoms with Gasteiger partial charge in [-0.25, -0.2) is 0 Å². The summed E-state index contributed by atoms with van der Waals surface area (Å²) in [5.41, 5.74) is 1.40. The number of aryl methyl sites for hydroxylation is 1. The van der Waals surface area contributed by atoms with Gasteiger partial charge in [-0.05, 0) is 30.4 Å². The smallest absolute Gasteiger partial charge is 0.0101 e. The molecule has 0 aromatic heterocycles. The highest BCUT2D eigenvalue weighted by Crippen LogP contribution is 2.19. The van der Waals surface area contributed by atoms with Gasteiger partial charge in [-0.3, -0.25) is 0 Å². The van der Waals surface area contributed by atoms with Crippen LogP contribution in [0.15, 0.2) is 23.1 Å². The van der Waals surface area contributed by atoms with E-state index in [1.54, 1.807) is 11.8 Å². The molecule has 0 saturated heterocycles. The van der Waals surface area contributed by atoms with E-state index in [-0.39, 0.29) is 0 Å². The molecule has 1 rings (SSSR count). The van der Waals surface area contributed by atoms with Crippen LogP contribution in [0.4, 0.5) is 0 Å². The van der Waals surface area contributed by atoms with E-state index < -0.39 is 0 Å². The minimum Gasteiger partial charge on any atom is -0.129 e. The van der Waals surface area contributed by atoms with Gasteiger partial charge in [0, 0.05) is 4.90 Å². The predicted molar refractivity (Wildman–Crippen MR) is 46.4 cm³/mol. The molecule has 0 amide bonds. The molecule has 0 spiro atoms. The third-order valence-corrected chi connectivity index (χ3v) is 2.34. The summed E-state index contributed by atoms with van der Waals surface area (Å²) in [5.74, 6) is 0. The molecule has 0 heterocycles. The van der Waals surface area contributed by atoms with Gasteiger partial charge in [0.05, 0.1) is 0 Å². The lowest BCUT2D eigenvalue weighted by Gasteiger charge is -2.01. The van der Waals surface area contributed by atoms with E-state index in [9.17, 15) is 0 Å². The Kier molecular flexibility index (Phi) is 2.82. The van der Waals surface area contributed by atoms with Crippen molar-refractivity contribution in [2.45, 2.75) is 18.2 Å². The SMILES string of the molecule is CCc1c[c]ccc1SC. The van der Waals surface area contributed by atoms with Crippen LogP contribution in [0.25, 0.3) is 0 Å². The molecule has 0 aliphatic carbocycles. The standard InChI is InChI=1S/C9H11S/c1-3-8-6-4-5-7-9(8)10-2/h5-7H,3H2,1-2H3. The van der Waals surface area contributed by atoms with E-state index in [4.69, 9.17) is 0 Å². The minimum atomic E-state index is 1.10. The quantitative estimate of drug-likeness (QED) is 0.586. The first-order valence-corrected chi connectivity index (χ1v) is 4.64. The van der Waals surface area contributed by atoms with Crippen molar-refractivity contribution in [3.63, 3.8) is 0 Å². The van der Waals surface area contributed by atoms with E-state index in [1.807, 2.05) is 6.07 Å². The minimum absolute atomic E-state index is 1.10. The Morgan fingerprint density at radius 3 is 2.90 bits per heavy atom. The Balaban J connectivity index is 2.96. The van der Waals surface area contributed by atoms with E-state index in [2.05, 4.69) is 31.4 Å². The molecule has 0 N–H and O–H groups in total. The van der Waals surface area contributed by atoms with Gasteiger partial charge in [0.25, 0.3) is 0 Å². The molecular weight excluding hydrogens is 140 g/mol. The molecule has 0 bridgehead atoms. The molecule has 0 fully saturated rings. The zero-order valence-corrected chi connectivity index (χ0v) is 7.16. The van der Waals surface area contributed by atoms with Gasteiger partial charge in [0.2, 0.25) is 0 Å². The maximum atomic E-state index is 3.07. The van der Waals surface area contributed by atoms with Crippen LogP contribution in [-0.4, -0.2) is 6.26 Å². The molecule has 0 unspecified atom stereocenters. The van der Waals surface area contributed by atoms with Crippen LogP contribution in [0.1, 0.15) is 12.5 Å². The molecular formula is C9H11S. The van der Waals surface area contributed by atoms with Gasteiger partial charge >= 0.3 is 0 Å². The first-order chi connectivity index (χ1) is 4.88. The molecule has 0 nitrogen and oxygen atoms in total. The fourth-order valence-electron chi connectivity index (χ4n) is 0.926. The Hall–Kier alpha value is -0.430. The summed E-state index contributed by atoms with van der Waals surface area (Å²) in [6, 6.07) is 9.21. The average Bonchev–Trinajstić information content (AvgIpc) is 2.04. The number of hydrogen-bond donors (Lipinski definition) is 0. The third-order valence-electron chi connectivity index (χ3n) is 1.51. The Morgan fingerprint density at radius 1 is 1.60 bits per heavy atom. The van der Waals surface area contributed by atoms with Crippen LogP contribution in [0, 0.1) is 6.07 Å². The van der Waals surface area contributed by atoms with Crippen molar-refractivity contribution in [3.8, 4) is 0 Å². The fourth-order valence-corrected chi connectivity index (χ4v) is 1.60. The number of hydrogen-bond acceptors (Lipinski definition) is 1. The van der Waals surface area contributed by atoms with Crippen molar-refractivity contribution in [2.75, 3.05) is 6.26 Å². The summed E-state index contributed by atoms with van der Waals surface area (Å²) < 4.78 is 0. The van der Waals surface area contributed by atoms with Gasteiger partial charge in [0.15, 0.2) is 0 Å². The highest BCUT2D eigenvalue weighted by atomic mass is 32.2. The lowest BCUT2D eigenvalue weighted by molar-refractivity contribution is 1.08. The van der Waals surface area contributed by atoms with Crippen molar-refractivity contribution in [3.05, 3.63) is 29.8 Å². The third kappa shape index (κ3) is 1.54. The molecule has 1 radical (unpaired) electrons. The number of rotatable bonds is 2. The van der Waals surface area contributed by atoms with Crippen LogP contribution in [0.5, 0.6) is 0 Å². The molecule has 0 atom stereocenters. The second-order valence-corrected chi connectivity index (χ2v) is 2.94. The topological polar surface area (TPSA) is 0 Å². The lowest BCUT2D eigenvalue weighted by atomic mass is 10.2. The van der Waals surface area contributed by atoms with Crippen LogP contribution >= 0.6 is 11.8 Å². The first kappa shape index (κ1) is 7.67. The van der Waals surface area contributed by atoms with Gasteiger partial charge in [-0.2, -0.15) is 0 Å². The molecule has 53 valence electrons. The van der Waals surface area contributed by atoms with E-state index in [0.29, 0.717) is 0 Å².